The molecule has 0 heterocycles. The number of amides is 2. The number of carbonyl (C=O) groups excluding carboxylic acids is 2. The van der Waals surface area contributed by atoms with Gasteiger partial charge >= 0.3 is 0 Å². The van der Waals surface area contributed by atoms with Crippen molar-refractivity contribution in [2.45, 2.75) is 44.2 Å². The van der Waals surface area contributed by atoms with Crippen LogP contribution in [0.3, 0.4) is 0 Å². The quantitative estimate of drug-likeness (QED) is 0.199. The van der Waals surface area contributed by atoms with Crippen molar-refractivity contribution in [1.82, 2.24) is 10.2 Å². The Kier molecular flexibility index (Phi) is 11.0. The van der Waals surface area contributed by atoms with Crippen LogP contribution in [-0.2, 0) is 32.6 Å². The average molecular weight is 618 g/mol. The molecule has 0 saturated heterocycles. The van der Waals surface area contributed by atoms with Gasteiger partial charge in [0, 0.05) is 24.5 Å². The van der Waals surface area contributed by atoms with Gasteiger partial charge in [0.15, 0.2) is 0 Å². The highest BCUT2D eigenvalue weighted by atomic mass is 35.5. The molecule has 0 bridgehead atoms. The van der Waals surface area contributed by atoms with Crippen LogP contribution < -0.4 is 9.62 Å². The summed E-state index contributed by atoms with van der Waals surface area (Å²) in [5.74, 6) is -0.833. The SMILES string of the molecule is CCCNC(=O)[C@H](Cc1ccccc1)N(Cc1cccc(Cl)c1)C(=O)CN(c1ccccc1)S(=O)(=O)c1ccc(C)cc1. The number of anilines is 1. The van der Waals surface area contributed by atoms with Crippen LogP contribution in [-0.4, -0.2) is 44.3 Å². The summed E-state index contributed by atoms with van der Waals surface area (Å²) in [6.45, 7) is 3.83. The van der Waals surface area contributed by atoms with E-state index < -0.39 is 28.5 Å². The standard InChI is InChI=1S/C34H36ClN3O4S/c1-3-21-36-34(40)32(23-27-11-6-4-7-12-27)37(24-28-13-10-14-29(35)22-28)33(39)25-38(30-15-8-5-9-16-30)43(41,42)31-19-17-26(2)18-20-31/h4-20,22,32H,3,21,23-25H2,1-2H3,(H,36,40)/t32-/m0/s1. The normalized spacial score (nSPS) is 11.9. The smallest absolute Gasteiger partial charge is 0.264 e. The molecule has 7 nitrogen and oxygen atoms in total. The Morgan fingerprint density at radius 2 is 1.47 bits per heavy atom. The zero-order valence-corrected chi connectivity index (χ0v) is 25.9. The summed E-state index contributed by atoms with van der Waals surface area (Å²) < 4.78 is 29.1. The van der Waals surface area contributed by atoms with Crippen molar-refractivity contribution in [2.75, 3.05) is 17.4 Å². The molecule has 0 aromatic heterocycles. The molecule has 43 heavy (non-hydrogen) atoms. The van der Waals surface area contributed by atoms with Crippen LogP contribution in [0.1, 0.15) is 30.0 Å². The van der Waals surface area contributed by atoms with Crippen molar-refractivity contribution in [3.63, 3.8) is 0 Å². The molecular weight excluding hydrogens is 582 g/mol. The molecular formula is C34H36ClN3O4S. The van der Waals surface area contributed by atoms with E-state index in [1.807, 2.05) is 50.2 Å². The third-order valence-corrected chi connectivity index (χ3v) is 9.02. The first kappa shape index (κ1) is 31.8. The molecule has 0 radical (unpaired) electrons. The Bertz CT molecular complexity index is 1610. The third kappa shape index (κ3) is 8.46. The Hall–Kier alpha value is -4.14. The van der Waals surface area contributed by atoms with Gasteiger partial charge < -0.3 is 10.2 Å². The Morgan fingerprint density at radius 1 is 0.837 bits per heavy atom. The first-order valence-electron chi connectivity index (χ1n) is 14.2. The zero-order chi connectivity index (χ0) is 30.8. The average Bonchev–Trinajstić information content (AvgIpc) is 3.01. The van der Waals surface area contributed by atoms with Gasteiger partial charge in [0.05, 0.1) is 10.6 Å². The van der Waals surface area contributed by atoms with E-state index in [1.54, 1.807) is 60.7 Å². The minimum atomic E-state index is -4.13. The summed E-state index contributed by atoms with van der Waals surface area (Å²) in [5.41, 5.74) is 2.84. The van der Waals surface area contributed by atoms with Crippen molar-refractivity contribution >= 4 is 39.1 Å². The fraction of sp³-hybridized carbons (Fsp3) is 0.235. The lowest BCUT2D eigenvalue weighted by molar-refractivity contribution is -0.140. The van der Waals surface area contributed by atoms with Crippen molar-refractivity contribution in [1.29, 1.82) is 0 Å². The van der Waals surface area contributed by atoms with Crippen LogP contribution in [0, 0.1) is 6.92 Å². The minimum Gasteiger partial charge on any atom is -0.354 e. The van der Waals surface area contributed by atoms with E-state index in [4.69, 9.17) is 11.6 Å². The number of nitrogens with zero attached hydrogens (tertiary/aromatic N) is 2. The second-order valence-corrected chi connectivity index (χ2v) is 12.6. The molecule has 0 aliphatic rings. The van der Waals surface area contributed by atoms with E-state index in [0.717, 1.165) is 27.4 Å². The van der Waals surface area contributed by atoms with Crippen LogP contribution in [0.5, 0.6) is 0 Å². The third-order valence-electron chi connectivity index (χ3n) is 6.99. The molecule has 0 saturated carbocycles. The van der Waals surface area contributed by atoms with Gasteiger partial charge in [0.25, 0.3) is 10.0 Å². The summed E-state index contributed by atoms with van der Waals surface area (Å²) in [6, 6.07) is 30.7. The first-order chi connectivity index (χ1) is 20.7. The van der Waals surface area contributed by atoms with Crippen molar-refractivity contribution in [3.8, 4) is 0 Å². The van der Waals surface area contributed by atoms with Crippen molar-refractivity contribution in [3.05, 3.63) is 131 Å². The largest absolute Gasteiger partial charge is 0.354 e. The molecule has 4 aromatic rings. The van der Waals surface area contributed by atoms with Gasteiger partial charge in [-0.2, -0.15) is 0 Å². The number of sulfonamides is 1. The minimum absolute atomic E-state index is 0.0592. The number of nitrogens with one attached hydrogen (secondary N) is 1. The maximum Gasteiger partial charge on any atom is 0.264 e. The van der Waals surface area contributed by atoms with E-state index in [1.165, 1.54) is 17.0 Å². The molecule has 4 aromatic carbocycles. The molecule has 0 aliphatic carbocycles. The number of halogens is 1. The van der Waals surface area contributed by atoms with Crippen LogP contribution in [0.4, 0.5) is 5.69 Å². The van der Waals surface area contributed by atoms with Crippen LogP contribution in [0.15, 0.2) is 114 Å². The first-order valence-corrected chi connectivity index (χ1v) is 16.0. The Balaban J connectivity index is 1.78. The number of para-hydroxylation sites is 1. The highest BCUT2D eigenvalue weighted by Gasteiger charge is 2.34. The number of hydrogen-bond acceptors (Lipinski definition) is 4. The van der Waals surface area contributed by atoms with Gasteiger partial charge in [-0.1, -0.05) is 96.9 Å². The molecule has 1 atom stereocenters. The molecule has 0 fully saturated rings. The number of aryl methyl sites for hydroxylation is 1. The molecule has 0 unspecified atom stereocenters. The monoisotopic (exact) mass is 617 g/mol. The summed E-state index contributed by atoms with van der Waals surface area (Å²) in [6.07, 6.45) is 0.974. The van der Waals surface area contributed by atoms with E-state index in [-0.39, 0.29) is 23.8 Å². The molecule has 9 heteroatoms. The Morgan fingerprint density at radius 3 is 2.09 bits per heavy atom. The zero-order valence-electron chi connectivity index (χ0n) is 24.3. The van der Waals surface area contributed by atoms with Gasteiger partial charge in [0.2, 0.25) is 11.8 Å². The fourth-order valence-corrected chi connectivity index (χ4v) is 6.34. The van der Waals surface area contributed by atoms with Gasteiger partial charge in [0.1, 0.15) is 12.6 Å². The summed E-state index contributed by atoms with van der Waals surface area (Å²) in [4.78, 5) is 29.5. The lowest BCUT2D eigenvalue weighted by Crippen LogP contribution is -2.53. The van der Waals surface area contributed by atoms with E-state index >= 15 is 0 Å². The lowest BCUT2D eigenvalue weighted by atomic mass is 10.0. The summed E-state index contributed by atoms with van der Waals surface area (Å²) >= 11 is 6.28. The summed E-state index contributed by atoms with van der Waals surface area (Å²) in [5, 5.41) is 3.43. The van der Waals surface area contributed by atoms with Gasteiger partial charge in [-0.3, -0.25) is 13.9 Å². The van der Waals surface area contributed by atoms with Crippen LogP contribution >= 0.6 is 11.6 Å². The van der Waals surface area contributed by atoms with E-state index in [0.29, 0.717) is 17.3 Å². The second-order valence-electron chi connectivity index (χ2n) is 10.3. The van der Waals surface area contributed by atoms with Crippen molar-refractivity contribution < 1.29 is 18.0 Å². The maximum atomic E-state index is 14.4. The molecule has 2 amide bonds. The van der Waals surface area contributed by atoms with Gasteiger partial charge in [-0.15, -0.1) is 0 Å². The predicted octanol–water partition coefficient (Wildman–Crippen LogP) is 6.01. The van der Waals surface area contributed by atoms with Crippen molar-refractivity contribution in [2.24, 2.45) is 0 Å². The number of rotatable bonds is 13. The summed E-state index contributed by atoms with van der Waals surface area (Å²) in [7, 11) is -4.13. The molecule has 1 N–H and O–H groups in total. The molecule has 4 rings (SSSR count). The topological polar surface area (TPSA) is 86.8 Å². The molecule has 0 aliphatic heterocycles. The number of benzene rings is 4. The molecule has 224 valence electrons. The van der Waals surface area contributed by atoms with E-state index in [9.17, 15) is 18.0 Å². The predicted molar refractivity (Wildman–Crippen MR) is 171 cm³/mol. The lowest BCUT2D eigenvalue weighted by Gasteiger charge is -2.34. The van der Waals surface area contributed by atoms with Crippen LogP contribution in [0.2, 0.25) is 5.02 Å². The van der Waals surface area contributed by atoms with E-state index in [2.05, 4.69) is 5.32 Å². The number of hydrogen-bond donors (Lipinski definition) is 1. The van der Waals surface area contributed by atoms with Gasteiger partial charge in [-0.25, -0.2) is 8.42 Å². The maximum absolute atomic E-state index is 14.4. The highest BCUT2D eigenvalue weighted by Crippen LogP contribution is 2.25. The fourth-order valence-electron chi connectivity index (χ4n) is 4.71. The van der Waals surface area contributed by atoms with Crippen LogP contribution in [0.25, 0.3) is 0 Å². The Labute approximate surface area is 259 Å². The number of carbonyl (C=O) groups is 2. The van der Waals surface area contributed by atoms with Gasteiger partial charge in [-0.05, 0) is 60.9 Å². The second kappa shape index (κ2) is 14.8. The molecule has 0 spiro atoms. The highest BCUT2D eigenvalue weighted by molar-refractivity contribution is 7.92.